The van der Waals surface area contributed by atoms with Crippen LogP contribution in [0.1, 0.15) is 42.3 Å². The number of nitrogens with one attached hydrogen (secondary N) is 2. The topological polar surface area (TPSA) is 121 Å². The molecule has 13 heteroatoms. The summed E-state index contributed by atoms with van der Waals surface area (Å²) in [4.78, 5) is 18.4. The fraction of sp³-hybridized carbons (Fsp3) is 0.550. The maximum absolute atomic E-state index is 13.1. The monoisotopic (exact) mass is 494 g/mol. The number of rotatable bonds is 6. The number of hydrogen-bond donors (Lipinski definition) is 3. The minimum atomic E-state index is -2.67. The van der Waals surface area contributed by atoms with Gasteiger partial charge in [-0.05, 0) is 31.4 Å². The van der Waals surface area contributed by atoms with E-state index in [0.29, 0.717) is 28.5 Å². The smallest absolute Gasteiger partial charge is 0.282 e. The van der Waals surface area contributed by atoms with Crippen LogP contribution in [-0.4, -0.2) is 50.6 Å². The van der Waals surface area contributed by atoms with E-state index in [-0.39, 0.29) is 30.9 Å². The molecule has 0 radical (unpaired) electrons. The van der Waals surface area contributed by atoms with Crippen molar-refractivity contribution >= 4 is 45.0 Å². The second-order valence-corrected chi connectivity index (χ2v) is 10.7. The minimum Gasteiger partial charge on any atom is -0.374 e. The molecule has 1 amide bonds. The van der Waals surface area contributed by atoms with Crippen LogP contribution in [0.15, 0.2) is 23.3 Å². The molecule has 1 unspecified atom stereocenters. The average Bonchev–Trinajstić information content (AvgIpc) is 3.41. The molecule has 3 atom stereocenters. The van der Waals surface area contributed by atoms with Gasteiger partial charge in [0.25, 0.3) is 5.92 Å². The van der Waals surface area contributed by atoms with Crippen LogP contribution in [0.4, 0.5) is 19.7 Å². The normalized spacial score (nSPS) is 26.3. The molecule has 1 saturated heterocycles. The van der Waals surface area contributed by atoms with Crippen LogP contribution in [-0.2, 0) is 11.2 Å². The zero-order valence-electron chi connectivity index (χ0n) is 17.7. The van der Waals surface area contributed by atoms with Crippen LogP contribution in [0.3, 0.4) is 0 Å². The molecular formula is C20H24F2N8OS2. The first-order valence-electron chi connectivity index (χ1n) is 10.8. The van der Waals surface area contributed by atoms with Gasteiger partial charge in [0.05, 0.1) is 25.2 Å². The first-order chi connectivity index (χ1) is 15.8. The van der Waals surface area contributed by atoms with Crippen molar-refractivity contribution in [3.05, 3.63) is 28.9 Å². The fourth-order valence-electron chi connectivity index (χ4n) is 4.37. The number of anilines is 2. The molecule has 1 aliphatic carbocycles. The number of nitrogens with zero attached hydrogens (tertiary/aromatic N) is 5. The molecule has 2 fully saturated rings. The van der Waals surface area contributed by atoms with Crippen LogP contribution >= 0.6 is 23.1 Å². The van der Waals surface area contributed by atoms with Crippen LogP contribution in [0, 0.1) is 5.92 Å². The molecule has 176 valence electrons. The lowest BCUT2D eigenvalue weighted by molar-refractivity contribution is -0.120. The van der Waals surface area contributed by atoms with Gasteiger partial charge in [-0.15, -0.1) is 10.2 Å². The lowest BCUT2D eigenvalue weighted by atomic mass is 9.82. The predicted octanol–water partition coefficient (Wildman–Crippen LogP) is 2.54. The molecular weight excluding hydrogens is 470 g/mol. The number of amides is 1. The Morgan fingerprint density at radius 3 is 2.85 bits per heavy atom. The summed E-state index contributed by atoms with van der Waals surface area (Å²) in [6.45, 7) is -0.681. The first kappa shape index (κ1) is 22.3. The third kappa shape index (κ3) is 5.18. The molecule has 0 bridgehead atoms. The number of nitrogen functional groups attached to an aromatic ring is 1. The lowest BCUT2D eigenvalue weighted by Crippen LogP contribution is -2.56. The molecule has 1 saturated carbocycles. The zero-order valence-corrected chi connectivity index (χ0v) is 19.3. The molecule has 2 aromatic rings. The van der Waals surface area contributed by atoms with E-state index in [9.17, 15) is 13.6 Å². The maximum Gasteiger partial charge on any atom is 0.282 e. The minimum absolute atomic E-state index is 0.0656. The van der Waals surface area contributed by atoms with E-state index in [0.717, 1.165) is 35.7 Å². The summed E-state index contributed by atoms with van der Waals surface area (Å²) in [6, 6.07) is 5.13. The van der Waals surface area contributed by atoms with Crippen molar-refractivity contribution in [3.63, 3.8) is 0 Å². The van der Waals surface area contributed by atoms with Crippen molar-refractivity contribution in [3.8, 4) is 0 Å². The third-order valence-electron chi connectivity index (χ3n) is 5.95. The molecule has 0 aromatic carbocycles. The SMILES string of the molecule is Nc1nnc([C@H]2CCC[C@H](C3=NNC(NC(=O)Cc4cccc(N5CC(F)(F)C5)n4)S3)C2)s1. The number of alkyl halides is 2. The highest BCUT2D eigenvalue weighted by molar-refractivity contribution is 8.14. The Kier molecular flexibility index (Phi) is 6.08. The molecule has 3 aliphatic rings. The molecule has 4 N–H and O–H groups in total. The van der Waals surface area contributed by atoms with Gasteiger partial charge < -0.3 is 16.0 Å². The van der Waals surface area contributed by atoms with Gasteiger partial charge in [-0.25, -0.2) is 13.8 Å². The Labute approximate surface area is 197 Å². The summed E-state index contributed by atoms with van der Waals surface area (Å²) in [7, 11) is 0. The van der Waals surface area contributed by atoms with Crippen molar-refractivity contribution < 1.29 is 13.6 Å². The van der Waals surface area contributed by atoms with E-state index in [1.165, 1.54) is 28.0 Å². The van der Waals surface area contributed by atoms with Crippen molar-refractivity contribution in [1.29, 1.82) is 0 Å². The average molecular weight is 495 g/mol. The Morgan fingerprint density at radius 2 is 2.09 bits per heavy atom. The van der Waals surface area contributed by atoms with Gasteiger partial charge in [-0.1, -0.05) is 35.6 Å². The summed E-state index contributed by atoms with van der Waals surface area (Å²) in [6.07, 6.45) is 4.20. The van der Waals surface area contributed by atoms with E-state index in [2.05, 4.69) is 31.0 Å². The third-order valence-corrected chi connectivity index (χ3v) is 7.99. The predicted molar refractivity (Wildman–Crippen MR) is 124 cm³/mol. The van der Waals surface area contributed by atoms with Gasteiger partial charge in [0.15, 0.2) is 5.50 Å². The number of carbonyl (C=O) groups is 1. The maximum atomic E-state index is 13.1. The second kappa shape index (κ2) is 9.01. The molecule has 2 aromatic heterocycles. The van der Waals surface area contributed by atoms with E-state index < -0.39 is 5.92 Å². The fourth-order valence-corrected chi connectivity index (χ4v) is 6.18. The van der Waals surface area contributed by atoms with E-state index in [1.807, 2.05) is 0 Å². The molecule has 4 heterocycles. The Balaban J connectivity index is 1.11. The summed E-state index contributed by atoms with van der Waals surface area (Å²) in [5.41, 5.74) is 8.93. The molecule has 2 aliphatic heterocycles. The number of carbonyl (C=O) groups excluding carboxylic acids is 1. The number of aromatic nitrogens is 3. The highest BCUT2D eigenvalue weighted by Gasteiger charge is 2.44. The lowest BCUT2D eigenvalue weighted by Gasteiger charge is -2.39. The second-order valence-electron chi connectivity index (χ2n) is 8.56. The molecule has 0 spiro atoms. The highest BCUT2D eigenvalue weighted by atomic mass is 32.2. The number of hydrogen-bond acceptors (Lipinski definition) is 10. The number of nitrogens with two attached hydrogens (primary N) is 1. The van der Waals surface area contributed by atoms with Gasteiger partial charge in [0.1, 0.15) is 15.9 Å². The summed E-state index contributed by atoms with van der Waals surface area (Å²) < 4.78 is 26.2. The zero-order chi connectivity index (χ0) is 23.0. The van der Waals surface area contributed by atoms with E-state index in [1.54, 1.807) is 18.2 Å². The van der Waals surface area contributed by atoms with Gasteiger partial charge in [-0.2, -0.15) is 5.10 Å². The van der Waals surface area contributed by atoms with Crippen LogP contribution in [0.2, 0.25) is 0 Å². The van der Waals surface area contributed by atoms with Crippen molar-refractivity contribution in [1.82, 2.24) is 25.9 Å². The number of halogens is 2. The first-order valence-corrected chi connectivity index (χ1v) is 12.5. The standard InChI is InChI=1S/C20H24F2N8OS2/c21-20(22)9-30(10-20)14-6-2-5-13(24-14)8-15(31)25-19-29-27-17(33-19)12-4-1-3-11(7-12)16-26-28-18(23)32-16/h2,5-6,11-12,19,29H,1,3-4,7-10H2,(H2,23,28)(H,25,31)/t11-,12-,19?/m0/s1. The van der Waals surface area contributed by atoms with Gasteiger partial charge >= 0.3 is 0 Å². The van der Waals surface area contributed by atoms with Crippen molar-refractivity contribution in [2.45, 2.75) is 49.4 Å². The van der Waals surface area contributed by atoms with Crippen molar-refractivity contribution in [2.24, 2.45) is 11.0 Å². The Morgan fingerprint density at radius 1 is 1.27 bits per heavy atom. The molecule has 5 rings (SSSR count). The summed E-state index contributed by atoms with van der Waals surface area (Å²) in [5.74, 6) is -1.77. The molecule has 33 heavy (non-hydrogen) atoms. The summed E-state index contributed by atoms with van der Waals surface area (Å²) in [5, 5.41) is 18.0. The van der Waals surface area contributed by atoms with Gasteiger partial charge in [0.2, 0.25) is 11.0 Å². The quantitative estimate of drug-likeness (QED) is 0.560. The Hall–Kier alpha value is -2.54. The largest absolute Gasteiger partial charge is 0.374 e. The van der Waals surface area contributed by atoms with Crippen LogP contribution < -0.4 is 21.4 Å². The Bertz CT molecular complexity index is 1060. The van der Waals surface area contributed by atoms with Gasteiger partial charge in [0, 0.05) is 11.8 Å². The van der Waals surface area contributed by atoms with Crippen LogP contribution in [0.5, 0.6) is 0 Å². The number of hydrazone groups is 1. The number of thioether (sulfide) groups is 1. The highest BCUT2D eigenvalue weighted by Crippen LogP contribution is 2.41. The number of pyridine rings is 1. The van der Waals surface area contributed by atoms with Crippen molar-refractivity contribution in [2.75, 3.05) is 23.7 Å². The van der Waals surface area contributed by atoms with E-state index in [4.69, 9.17) is 5.73 Å². The summed E-state index contributed by atoms with van der Waals surface area (Å²) >= 11 is 2.96. The van der Waals surface area contributed by atoms with Gasteiger partial charge in [-0.3, -0.25) is 10.2 Å². The molecule has 9 nitrogen and oxygen atoms in total. The van der Waals surface area contributed by atoms with Crippen LogP contribution in [0.25, 0.3) is 0 Å². The van der Waals surface area contributed by atoms with E-state index >= 15 is 0 Å².